The van der Waals surface area contributed by atoms with Crippen LogP contribution in [0.2, 0.25) is 0 Å². The zero-order valence-electron chi connectivity index (χ0n) is 9.24. The number of aromatic nitrogens is 1. The molecule has 16 heavy (non-hydrogen) atoms. The molecule has 3 nitrogen and oxygen atoms in total. The van der Waals surface area contributed by atoms with Crippen LogP contribution >= 0.6 is 0 Å². The molecule has 0 aliphatic heterocycles. The van der Waals surface area contributed by atoms with E-state index in [4.69, 9.17) is 5.11 Å². The Bertz CT molecular complexity index is 579. The Hall–Kier alpha value is -2.03. The minimum atomic E-state index is -0.917. The molecule has 0 bridgehead atoms. The van der Waals surface area contributed by atoms with Crippen molar-refractivity contribution in [2.75, 3.05) is 0 Å². The number of allylic oxidation sites excluding steroid dienone is 1. The van der Waals surface area contributed by atoms with Crippen molar-refractivity contribution in [2.24, 2.45) is 0 Å². The van der Waals surface area contributed by atoms with Crippen LogP contribution in [-0.4, -0.2) is 16.1 Å². The van der Waals surface area contributed by atoms with E-state index < -0.39 is 5.97 Å². The predicted octanol–water partition coefficient (Wildman–Crippen LogP) is 2.96. The van der Waals surface area contributed by atoms with E-state index in [1.165, 1.54) is 6.08 Å². The highest BCUT2D eigenvalue weighted by atomic mass is 16.4. The molecular weight excluding hydrogens is 202 g/mol. The third kappa shape index (κ3) is 1.72. The van der Waals surface area contributed by atoms with Crippen molar-refractivity contribution in [1.29, 1.82) is 0 Å². The maximum atomic E-state index is 10.6. The summed E-state index contributed by atoms with van der Waals surface area (Å²) in [5, 5.41) is 9.79. The molecule has 1 heterocycles. The number of aromatic amines is 1. The number of H-pyrrole nitrogens is 1. The SMILES string of the molecule is C/C(=C\C(=O)O)c1c[nH]c2c(C)cccc12. The molecule has 1 aromatic heterocycles. The summed E-state index contributed by atoms with van der Waals surface area (Å²) in [4.78, 5) is 13.8. The molecule has 0 radical (unpaired) electrons. The summed E-state index contributed by atoms with van der Waals surface area (Å²) >= 11 is 0. The lowest BCUT2D eigenvalue weighted by atomic mass is 10.0. The largest absolute Gasteiger partial charge is 0.478 e. The van der Waals surface area contributed by atoms with Crippen LogP contribution in [0.15, 0.2) is 30.5 Å². The third-order valence-corrected chi connectivity index (χ3v) is 2.69. The van der Waals surface area contributed by atoms with E-state index in [-0.39, 0.29) is 0 Å². The normalized spacial score (nSPS) is 12.0. The Kier molecular flexibility index (Phi) is 2.52. The summed E-state index contributed by atoms with van der Waals surface area (Å²) in [7, 11) is 0. The van der Waals surface area contributed by atoms with Crippen molar-refractivity contribution >= 4 is 22.4 Å². The van der Waals surface area contributed by atoms with Gasteiger partial charge in [0.25, 0.3) is 0 Å². The molecule has 2 rings (SSSR count). The molecule has 1 aromatic carbocycles. The number of hydrogen-bond donors (Lipinski definition) is 2. The van der Waals surface area contributed by atoms with Gasteiger partial charge in [-0.05, 0) is 25.0 Å². The number of hydrogen-bond acceptors (Lipinski definition) is 1. The van der Waals surface area contributed by atoms with Crippen molar-refractivity contribution in [3.05, 3.63) is 41.6 Å². The zero-order chi connectivity index (χ0) is 11.7. The van der Waals surface area contributed by atoms with E-state index in [0.717, 1.165) is 27.6 Å². The maximum Gasteiger partial charge on any atom is 0.328 e. The number of nitrogens with one attached hydrogen (secondary N) is 1. The van der Waals surface area contributed by atoms with Gasteiger partial charge in [0, 0.05) is 28.7 Å². The van der Waals surface area contributed by atoms with Gasteiger partial charge < -0.3 is 10.1 Å². The highest BCUT2D eigenvalue weighted by Gasteiger charge is 2.07. The van der Waals surface area contributed by atoms with Crippen molar-refractivity contribution in [1.82, 2.24) is 4.98 Å². The summed E-state index contributed by atoms with van der Waals surface area (Å²) in [5.74, 6) is -0.917. The average molecular weight is 215 g/mol. The van der Waals surface area contributed by atoms with Crippen LogP contribution in [-0.2, 0) is 4.79 Å². The van der Waals surface area contributed by atoms with Gasteiger partial charge in [-0.3, -0.25) is 0 Å². The monoisotopic (exact) mass is 215 g/mol. The van der Waals surface area contributed by atoms with E-state index in [1.807, 2.05) is 31.3 Å². The van der Waals surface area contributed by atoms with Crippen molar-refractivity contribution < 1.29 is 9.90 Å². The van der Waals surface area contributed by atoms with Gasteiger partial charge in [0.2, 0.25) is 0 Å². The molecule has 2 N–H and O–H groups in total. The van der Waals surface area contributed by atoms with Gasteiger partial charge >= 0.3 is 5.97 Å². The molecule has 0 saturated carbocycles. The van der Waals surface area contributed by atoms with Crippen LogP contribution in [0, 0.1) is 6.92 Å². The predicted molar refractivity (Wildman–Crippen MR) is 64.3 cm³/mol. The average Bonchev–Trinajstić information content (AvgIpc) is 2.61. The lowest BCUT2D eigenvalue weighted by Crippen LogP contribution is -1.89. The standard InChI is InChI=1S/C13H13NO2/c1-8-4-3-5-10-11(7-14-13(8)10)9(2)6-12(15)16/h3-7,14H,1-2H3,(H,15,16)/b9-6+. The fraction of sp³-hybridized carbons (Fsp3) is 0.154. The first kappa shape index (κ1) is 10.5. The van der Waals surface area contributed by atoms with Gasteiger partial charge in [-0.15, -0.1) is 0 Å². The van der Waals surface area contributed by atoms with Crippen LogP contribution < -0.4 is 0 Å². The minimum absolute atomic E-state index is 0.754. The number of carbonyl (C=O) groups is 1. The fourth-order valence-electron chi connectivity index (χ4n) is 1.90. The van der Waals surface area contributed by atoms with E-state index in [2.05, 4.69) is 4.98 Å². The Morgan fingerprint density at radius 3 is 2.88 bits per heavy atom. The van der Waals surface area contributed by atoms with Crippen molar-refractivity contribution in [3.63, 3.8) is 0 Å². The number of rotatable bonds is 2. The molecule has 0 amide bonds. The zero-order valence-corrected chi connectivity index (χ0v) is 9.24. The molecule has 0 spiro atoms. The van der Waals surface area contributed by atoms with Gasteiger partial charge in [-0.25, -0.2) is 4.79 Å². The lowest BCUT2D eigenvalue weighted by Gasteiger charge is -1.99. The summed E-state index contributed by atoms with van der Waals surface area (Å²) in [6.07, 6.45) is 3.08. The fourth-order valence-corrected chi connectivity index (χ4v) is 1.90. The maximum absolute atomic E-state index is 10.6. The number of para-hydroxylation sites is 1. The number of carboxylic acids is 1. The Balaban J connectivity index is 2.63. The second kappa shape index (κ2) is 3.85. The molecular formula is C13H13NO2. The van der Waals surface area contributed by atoms with E-state index in [9.17, 15) is 4.79 Å². The lowest BCUT2D eigenvalue weighted by molar-refractivity contribution is -0.131. The van der Waals surface area contributed by atoms with Crippen LogP contribution in [0.25, 0.3) is 16.5 Å². The summed E-state index contributed by atoms with van der Waals surface area (Å²) < 4.78 is 0. The first-order chi connectivity index (χ1) is 7.59. The van der Waals surface area contributed by atoms with Gasteiger partial charge in [0.05, 0.1) is 0 Å². The molecule has 0 unspecified atom stereocenters. The summed E-state index contributed by atoms with van der Waals surface area (Å²) in [6, 6.07) is 6.00. The Labute approximate surface area is 93.4 Å². The third-order valence-electron chi connectivity index (χ3n) is 2.69. The molecule has 3 heteroatoms. The van der Waals surface area contributed by atoms with E-state index in [0.29, 0.717) is 0 Å². The van der Waals surface area contributed by atoms with Crippen LogP contribution in [0.4, 0.5) is 0 Å². The Morgan fingerprint density at radius 2 is 2.19 bits per heavy atom. The number of fused-ring (bicyclic) bond motifs is 1. The number of carboxylic acid groups (broad SMARTS) is 1. The first-order valence-electron chi connectivity index (χ1n) is 5.08. The van der Waals surface area contributed by atoms with Crippen LogP contribution in [0.1, 0.15) is 18.1 Å². The molecule has 0 aliphatic rings. The number of benzene rings is 1. The van der Waals surface area contributed by atoms with Gasteiger partial charge in [-0.2, -0.15) is 0 Å². The first-order valence-corrected chi connectivity index (χ1v) is 5.08. The van der Waals surface area contributed by atoms with Gasteiger partial charge in [0.1, 0.15) is 0 Å². The second-order valence-electron chi connectivity index (χ2n) is 3.87. The quantitative estimate of drug-likeness (QED) is 0.757. The highest BCUT2D eigenvalue weighted by molar-refractivity contribution is 5.98. The topological polar surface area (TPSA) is 53.1 Å². The molecule has 0 fully saturated rings. The number of aryl methyl sites for hydroxylation is 1. The Morgan fingerprint density at radius 1 is 1.44 bits per heavy atom. The highest BCUT2D eigenvalue weighted by Crippen LogP contribution is 2.26. The minimum Gasteiger partial charge on any atom is -0.478 e. The van der Waals surface area contributed by atoms with Crippen LogP contribution in [0.5, 0.6) is 0 Å². The summed E-state index contributed by atoms with van der Waals surface area (Å²) in [6.45, 7) is 3.83. The smallest absolute Gasteiger partial charge is 0.328 e. The number of aliphatic carboxylic acids is 1. The second-order valence-corrected chi connectivity index (χ2v) is 3.87. The van der Waals surface area contributed by atoms with Gasteiger partial charge in [-0.1, -0.05) is 18.2 Å². The molecule has 0 atom stereocenters. The molecule has 0 aliphatic carbocycles. The van der Waals surface area contributed by atoms with E-state index in [1.54, 1.807) is 6.92 Å². The molecule has 82 valence electrons. The van der Waals surface area contributed by atoms with E-state index >= 15 is 0 Å². The summed E-state index contributed by atoms with van der Waals surface area (Å²) in [5.41, 5.74) is 3.92. The van der Waals surface area contributed by atoms with Gasteiger partial charge in [0.15, 0.2) is 0 Å². The van der Waals surface area contributed by atoms with Crippen molar-refractivity contribution in [3.8, 4) is 0 Å². The van der Waals surface area contributed by atoms with Crippen molar-refractivity contribution in [2.45, 2.75) is 13.8 Å². The molecule has 0 saturated heterocycles. The van der Waals surface area contributed by atoms with Crippen LogP contribution in [0.3, 0.4) is 0 Å². The molecule has 2 aromatic rings.